The van der Waals surface area contributed by atoms with Crippen molar-refractivity contribution in [2.75, 3.05) is 6.54 Å². The first-order chi connectivity index (χ1) is 6.74. The number of hydrogen-bond acceptors (Lipinski definition) is 1. The van der Waals surface area contributed by atoms with E-state index in [2.05, 4.69) is 21.2 Å². The largest absolute Gasteiger partial charge is 0.465 e. The highest BCUT2D eigenvalue weighted by Gasteiger charge is 2.00. The highest BCUT2D eigenvalue weighted by Crippen LogP contribution is 2.12. The summed E-state index contributed by atoms with van der Waals surface area (Å²) in [4.78, 5) is 10.2. The van der Waals surface area contributed by atoms with Gasteiger partial charge in [0.05, 0.1) is 0 Å². The molecule has 1 amide bonds. The number of benzene rings is 1. The molecule has 3 nitrogen and oxygen atoms in total. The normalized spacial score (nSPS) is 9.79. The second-order valence-electron chi connectivity index (χ2n) is 2.88. The molecule has 76 valence electrons. The molecule has 0 atom stereocenters. The molecule has 2 N–H and O–H groups in total. The number of halogens is 1. The Labute approximate surface area is 91.3 Å². The molecule has 0 heterocycles. The van der Waals surface area contributed by atoms with Crippen LogP contribution in [0.4, 0.5) is 4.79 Å². The third kappa shape index (κ3) is 3.38. The fourth-order valence-corrected chi connectivity index (χ4v) is 1.78. The number of amides is 1. The van der Waals surface area contributed by atoms with Crippen molar-refractivity contribution in [2.45, 2.75) is 11.8 Å². The van der Waals surface area contributed by atoms with E-state index in [0.717, 1.165) is 11.8 Å². The fourth-order valence-electron chi connectivity index (χ4n) is 1.24. The summed E-state index contributed by atoms with van der Waals surface area (Å²) in [6.07, 6.45) is -0.241. The summed E-state index contributed by atoms with van der Waals surface area (Å²) >= 11 is 3.39. The molecule has 0 aliphatic carbocycles. The van der Waals surface area contributed by atoms with E-state index in [4.69, 9.17) is 5.11 Å². The Morgan fingerprint density at radius 3 is 2.57 bits per heavy atom. The Morgan fingerprint density at radius 1 is 1.36 bits per heavy atom. The average Bonchev–Trinajstić information content (AvgIpc) is 2.18. The number of nitrogens with one attached hydrogen (secondary N) is 1. The van der Waals surface area contributed by atoms with E-state index in [1.54, 1.807) is 0 Å². The molecule has 1 aromatic rings. The third-order valence-corrected chi connectivity index (χ3v) is 2.54. The van der Waals surface area contributed by atoms with Gasteiger partial charge in [-0.2, -0.15) is 0 Å². The summed E-state index contributed by atoms with van der Waals surface area (Å²) in [5.41, 5.74) is 2.39. The monoisotopic (exact) mass is 257 g/mol. The molecule has 0 saturated heterocycles. The van der Waals surface area contributed by atoms with Crippen molar-refractivity contribution in [1.82, 2.24) is 5.32 Å². The molecule has 1 aromatic carbocycles. The van der Waals surface area contributed by atoms with Gasteiger partial charge in [0.15, 0.2) is 0 Å². The average molecular weight is 258 g/mol. The predicted molar refractivity (Wildman–Crippen MR) is 58.8 cm³/mol. The first-order valence-electron chi connectivity index (χ1n) is 4.33. The molecule has 0 radical (unpaired) electrons. The Kier molecular flexibility index (Phi) is 4.46. The Bertz CT molecular complexity index is 315. The summed E-state index contributed by atoms with van der Waals surface area (Å²) in [6, 6.07) is 7.98. The smallest absolute Gasteiger partial charge is 0.404 e. The van der Waals surface area contributed by atoms with Gasteiger partial charge in [-0.3, -0.25) is 0 Å². The van der Waals surface area contributed by atoms with Gasteiger partial charge in [0.1, 0.15) is 0 Å². The minimum atomic E-state index is -0.971. The first-order valence-corrected chi connectivity index (χ1v) is 5.45. The van der Waals surface area contributed by atoms with Crippen LogP contribution in [0.5, 0.6) is 0 Å². The Hall–Kier alpha value is -1.03. The molecule has 0 spiro atoms. The lowest BCUT2D eigenvalue weighted by Gasteiger charge is -2.06. The van der Waals surface area contributed by atoms with Crippen molar-refractivity contribution < 1.29 is 9.90 Å². The molecule has 14 heavy (non-hydrogen) atoms. The van der Waals surface area contributed by atoms with Gasteiger partial charge in [0.25, 0.3) is 0 Å². The highest BCUT2D eigenvalue weighted by molar-refractivity contribution is 9.08. The van der Waals surface area contributed by atoms with Gasteiger partial charge in [0.2, 0.25) is 0 Å². The van der Waals surface area contributed by atoms with E-state index >= 15 is 0 Å². The summed E-state index contributed by atoms with van der Waals surface area (Å²) in [6.45, 7) is 0.458. The maximum Gasteiger partial charge on any atom is 0.404 e. The lowest BCUT2D eigenvalue weighted by atomic mass is 10.1. The second-order valence-corrected chi connectivity index (χ2v) is 3.45. The molecule has 0 aliphatic rings. The van der Waals surface area contributed by atoms with E-state index in [1.165, 1.54) is 11.1 Å². The maximum atomic E-state index is 10.2. The van der Waals surface area contributed by atoms with Gasteiger partial charge < -0.3 is 10.4 Å². The summed E-state index contributed by atoms with van der Waals surface area (Å²) in [5, 5.41) is 11.5. The molecule has 0 fully saturated rings. The van der Waals surface area contributed by atoms with Gasteiger partial charge in [0, 0.05) is 11.9 Å². The van der Waals surface area contributed by atoms with E-state index < -0.39 is 6.09 Å². The first kappa shape index (κ1) is 11.0. The molecule has 0 saturated carbocycles. The zero-order valence-corrected chi connectivity index (χ0v) is 9.25. The molecule has 0 aromatic heterocycles. The van der Waals surface area contributed by atoms with E-state index in [9.17, 15) is 4.79 Å². The van der Waals surface area contributed by atoms with Crippen LogP contribution >= 0.6 is 15.9 Å². The van der Waals surface area contributed by atoms with Crippen molar-refractivity contribution in [3.63, 3.8) is 0 Å². The minimum Gasteiger partial charge on any atom is -0.465 e. The zero-order valence-electron chi connectivity index (χ0n) is 7.66. The van der Waals surface area contributed by atoms with Gasteiger partial charge in [-0.15, -0.1) is 0 Å². The fraction of sp³-hybridized carbons (Fsp3) is 0.300. The second kappa shape index (κ2) is 5.65. The lowest BCUT2D eigenvalue weighted by molar-refractivity contribution is 0.194. The van der Waals surface area contributed by atoms with Crippen LogP contribution < -0.4 is 5.32 Å². The number of rotatable bonds is 4. The number of carbonyl (C=O) groups is 1. The van der Waals surface area contributed by atoms with Crippen molar-refractivity contribution in [2.24, 2.45) is 0 Å². The molecule has 0 unspecified atom stereocenters. The van der Waals surface area contributed by atoms with Crippen molar-refractivity contribution in [3.05, 3.63) is 35.4 Å². The van der Waals surface area contributed by atoms with Crippen LogP contribution in [-0.4, -0.2) is 17.7 Å². The van der Waals surface area contributed by atoms with Crippen molar-refractivity contribution in [3.8, 4) is 0 Å². The third-order valence-electron chi connectivity index (χ3n) is 1.93. The van der Waals surface area contributed by atoms with E-state index in [0.29, 0.717) is 6.54 Å². The van der Waals surface area contributed by atoms with Gasteiger partial charge in [-0.05, 0) is 17.5 Å². The van der Waals surface area contributed by atoms with Crippen molar-refractivity contribution in [1.29, 1.82) is 0 Å². The number of alkyl halides is 1. The summed E-state index contributed by atoms with van der Waals surface area (Å²) in [5.74, 6) is 0. The molecule has 0 aliphatic heterocycles. The molecular formula is C10H12BrNO2. The molecule has 1 rings (SSSR count). The molecule has 0 bridgehead atoms. The predicted octanol–water partition coefficient (Wildman–Crippen LogP) is 2.39. The quantitative estimate of drug-likeness (QED) is 0.814. The van der Waals surface area contributed by atoms with Crippen LogP contribution in [0.2, 0.25) is 0 Å². The van der Waals surface area contributed by atoms with Crippen molar-refractivity contribution >= 4 is 22.0 Å². The SMILES string of the molecule is O=C(O)NCCc1ccccc1CBr. The van der Waals surface area contributed by atoms with Gasteiger partial charge in [-0.1, -0.05) is 40.2 Å². The van der Waals surface area contributed by atoms with E-state index in [1.807, 2.05) is 24.3 Å². The van der Waals surface area contributed by atoms with Crippen LogP contribution in [-0.2, 0) is 11.8 Å². The van der Waals surface area contributed by atoms with Crippen LogP contribution in [0.25, 0.3) is 0 Å². The van der Waals surface area contributed by atoms with Crippen LogP contribution in [0.3, 0.4) is 0 Å². The van der Waals surface area contributed by atoms with Gasteiger partial charge in [-0.25, -0.2) is 4.79 Å². The lowest BCUT2D eigenvalue weighted by Crippen LogP contribution is -2.23. The number of carboxylic acid groups (broad SMARTS) is 1. The van der Waals surface area contributed by atoms with Crippen LogP contribution in [0.15, 0.2) is 24.3 Å². The van der Waals surface area contributed by atoms with Gasteiger partial charge >= 0.3 is 6.09 Å². The maximum absolute atomic E-state index is 10.2. The Balaban J connectivity index is 2.53. The minimum absolute atomic E-state index is 0.458. The van der Waals surface area contributed by atoms with Crippen LogP contribution in [0.1, 0.15) is 11.1 Å². The topological polar surface area (TPSA) is 49.3 Å². The zero-order chi connectivity index (χ0) is 10.4. The Morgan fingerprint density at radius 2 is 2.00 bits per heavy atom. The summed E-state index contributed by atoms with van der Waals surface area (Å²) < 4.78 is 0. The molecule has 4 heteroatoms. The van der Waals surface area contributed by atoms with Crippen LogP contribution in [0, 0.1) is 0 Å². The summed E-state index contributed by atoms with van der Waals surface area (Å²) in [7, 11) is 0. The van der Waals surface area contributed by atoms with E-state index in [-0.39, 0.29) is 0 Å². The highest BCUT2D eigenvalue weighted by atomic mass is 79.9. The number of hydrogen-bond donors (Lipinski definition) is 2. The molecular weight excluding hydrogens is 246 g/mol. The standard InChI is InChI=1S/C10H12BrNO2/c11-7-9-4-2-1-3-8(9)5-6-12-10(13)14/h1-4,12H,5-7H2,(H,13,14).